The van der Waals surface area contributed by atoms with Gasteiger partial charge in [0.1, 0.15) is 0 Å². The van der Waals surface area contributed by atoms with Crippen molar-refractivity contribution in [3.63, 3.8) is 0 Å². The van der Waals surface area contributed by atoms with Gasteiger partial charge in [0.05, 0.1) is 6.20 Å². The summed E-state index contributed by atoms with van der Waals surface area (Å²) < 4.78 is 32.0. The number of amides is 1. The van der Waals surface area contributed by atoms with Crippen LogP contribution >= 0.6 is 0 Å². The quantitative estimate of drug-likeness (QED) is 0.641. The number of aromatic nitrogens is 1. The summed E-state index contributed by atoms with van der Waals surface area (Å²) in [6.45, 7) is 2.22. The highest BCUT2D eigenvalue weighted by atomic mass is 19.2. The highest BCUT2D eigenvalue weighted by Crippen LogP contribution is 2.21. The van der Waals surface area contributed by atoms with E-state index in [1.54, 1.807) is 13.2 Å². The van der Waals surface area contributed by atoms with Gasteiger partial charge in [-0.3, -0.25) is 4.79 Å². The molecule has 140 valence electrons. The molecular weight excluding hydrogens is 350 g/mol. The Kier molecular flexibility index (Phi) is 5.64. The van der Waals surface area contributed by atoms with Crippen molar-refractivity contribution in [2.24, 2.45) is 0 Å². The van der Waals surface area contributed by atoms with Crippen LogP contribution in [-0.2, 0) is 17.8 Å². The number of benzene rings is 2. The predicted octanol–water partition coefficient (Wildman–Crippen LogP) is 4.52. The van der Waals surface area contributed by atoms with Crippen LogP contribution in [0, 0.1) is 18.6 Å². The molecule has 0 fully saturated rings. The SMILES string of the molecule is Cc1ccc(-c2cnc(CCC(=O)N(C)Cc3ccc(F)c(F)c3)o2)cc1. The second-order valence-corrected chi connectivity index (χ2v) is 6.48. The van der Waals surface area contributed by atoms with Gasteiger partial charge in [-0.2, -0.15) is 0 Å². The molecule has 1 heterocycles. The Morgan fingerprint density at radius 3 is 2.56 bits per heavy atom. The zero-order valence-electron chi connectivity index (χ0n) is 15.2. The van der Waals surface area contributed by atoms with E-state index in [2.05, 4.69) is 4.98 Å². The van der Waals surface area contributed by atoms with E-state index in [0.29, 0.717) is 23.6 Å². The lowest BCUT2D eigenvalue weighted by atomic mass is 10.1. The predicted molar refractivity (Wildman–Crippen MR) is 97.8 cm³/mol. The summed E-state index contributed by atoms with van der Waals surface area (Å²) >= 11 is 0. The van der Waals surface area contributed by atoms with Crippen LogP contribution in [0.1, 0.15) is 23.4 Å². The second kappa shape index (κ2) is 8.12. The molecule has 3 rings (SSSR count). The summed E-state index contributed by atoms with van der Waals surface area (Å²) in [6.07, 6.45) is 2.23. The molecule has 0 unspecified atom stereocenters. The Hall–Kier alpha value is -3.02. The van der Waals surface area contributed by atoms with E-state index in [-0.39, 0.29) is 18.9 Å². The van der Waals surface area contributed by atoms with E-state index in [1.807, 2.05) is 31.2 Å². The van der Waals surface area contributed by atoms with Gasteiger partial charge in [-0.1, -0.05) is 35.9 Å². The number of hydrogen-bond acceptors (Lipinski definition) is 3. The number of hydrogen-bond donors (Lipinski definition) is 0. The fourth-order valence-electron chi connectivity index (χ4n) is 2.68. The lowest BCUT2D eigenvalue weighted by Gasteiger charge is -2.17. The molecule has 0 aliphatic carbocycles. The van der Waals surface area contributed by atoms with Gasteiger partial charge in [0.25, 0.3) is 0 Å². The number of nitrogens with zero attached hydrogens (tertiary/aromatic N) is 2. The molecule has 2 aromatic carbocycles. The van der Waals surface area contributed by atoms with E-state index in [0.717, 1.165) is 23.3 Å². The molecule has 0 spiro atoms. The van der Waals surface area contributed by atoms with Gasteiger partial charge in [-0.05, 0) is 24.6 Å². The van der Waals surface area contributed by atoms with Crippen molar-refractivity contribution >= 4 is 5.91 Å². The molecule has 0 saturated heterocycles. The van der Waals surface area contributed by atoms with Crippen LogP contribution in [0.3, 0.4) is 0 Å². The number of oxazole rings is 1. The van der Waals surface area contributed by atoms with Crippen LogP contribution in [0.25, 0.3) is 11.3 Å². The molecule has 1 amide bonds. The minimum absolute atomic E-state index is 0.130. The van der Waals surface area contributed by atoms with Crippen LogP contribution in [-0.4, -0.2) is 22.8 Å². The zero-order valence-corrected chi connectivity index (χ0v) is 15.2. The normalized spacial score (nSPS) is 10.8. The van der Waals surface area contributed by atoms with Crippen molar-refractivity contribution in [3.8, 4) is 11.3 Å². The first-order valence-corrected chi connectivity index (χ1v) is 8.62. The van der Waals surface area contributed by atoms with Gasteiger partial charge < -0.3 is 9.32 Å². The summed E-state index contributed by atoms with van der Waals surface area (Å²) in [6, 6.07) is 11.5. The van der Waals surface area contributed by atoms with E-state index in [4.69, 9.17) is 4.42 Å². The van der Waals surface area contributed by atoms with Crippen LogP contribution < -0.4 is 0 Å². The maximum Gasteiger partial charge on any atom is 0.223 e. The maximum absolute atomic E-state index is 13.3. The summed E-state index contributed by atoms with van der Waals surface area (Å²) in [7, 11) is 1.62. The summed E-state index contributed by atoms with van der Waals surface area (Å²) in [5, 5.41) is 0. The van der Waals surface area contributed by atoms with Gasteiger partial charge in [0.2, 0.25) is 5.91 Å². The van der Waals surface area contributed by atoms with Crippen molar-refractivity contribution in [3.05, 3.63) is 77.3 Å². The largest absolute Gasteiger partial charge is 0.441 e. The molecule has 1 aromatic heterocycles. The fourth-order valence-corrected chi connectivity index (χ4v) is 2.68. The topological polar surface area (TPSA) is 46.3 Å². The third-order valence-corrected chi connectivity index (χ3v) is 4.27. The summed E-state index contributed by atoms with van der Waals surface area (Å²) in [5.41, 5.74) is 2.62. The van der Waals surface area contributed by atoms with Crippen LogP contribution in [0.4, 0.5) is 8.78 Å². The molecule has 0 bridgehead atoms. The Balaban J connectivity index is 1.55. The number of rotatable bonds is 6. The summed E-state index contributed by atoms with van der Waals surface area (Å²) in [4.78, 5) is 18.0. The first-order chi connectivity index (χ1) is 12.9. The van der Waals surface area contributed by atoms with Crippen molar-refractivity contribution in [1.82, 2.24) is 9.88 Å². The number of carbonyl (C=O) groups excluding carboxylic acids is 1. The zero-order chi connectivity index (χ0) is 19.4. The molecule has 27 heavy (non-hydrogen) atoms. The first-order valence-electron chi connectivity index (χ1n) is 8.62. The Labute approximate surface area is 156 Å². The maximum atomic E-state index is 13.3. The molecule has 0 radical (unpaired) electrons. The molecule has 0 atom stereocenters. The highest BCUT2D eigenvalue weighted by molar-refractivity contribution is 5.76. The molecule has 0 saturated carbocycles. The Morgan fingerprint density at radius 1 is 1.11 bits per heavy atom. The molecule has 6 heteroatoms. The first kappa shape index (κ1) is 18.8. The molecule has 4 nitrogen and oxygen atoms in total. The van der Waals surface area contributed by atoms with Crippen molar-refractivity contribution in [1.29, 1.82) is 0 Å². The standard InChI is InChI=1S/C21H20F2N2O2/c1-14-3-6-16(7-4-14)19-12-24-20(27-19)9-10-21(26)25(2)13-15-5-8-17(22)18(23)11-15/h3-8,11-12H,9-10,13H2,1-2H3. The smallest absolute Gasteiger partial charge is 0.223 e. The van der Waals surface area contributed by atoms with Gasteiger partial charge >= 0.3 is 0 Å². The van der Waals surface area contributed by atoms with E-state index in [1.165, 1.54) is 11.0 Å². The van der Waals surface area contributed by atoms with Gasteiger partial charge in [0, 0.05) is 32.0 Å². The monoisotopic (exact) mass is 370 g/mol. The minimum atomic E-state index is -0.920. The van der Waals surface area contributed by atoms with Crippen LogP contribution in [0.5, 0.6) is 0 Å². The third kappa shape index (κ3) is 4.78. The lowest BCUT2D eigenvalue weighted by Crippen LogP contribution is -2.26. The van der Waals surface area contributed by atoms with Crippen molar-refractivity contribution in [2.75, 3.05) is 7.05 Å². The van der Waals surface area contributed by atoms with Gasteiger partial charge in [-0.25, -0.2) is 13.8 Å². The van der Waals surface area contributed by atoms with E-state index >= 15 is 0 Å². The minimum Gasteiger partial charge on any atom is -0.441 e. The molecule has 3 aromatic rings. The van der Waals surface area contributed by atoms with Crippen molar-refractivity contribution in [2.45, 2.75) is 26.3 Å². The van der Waals surface area contributed by atoms with Crippen LogP contribution in [0.2, 0.25) is 0 Å². The Morgan fingerprint density at radius 2 is 1.85 bits per heavy atom. The fraction of sp³-hybridized carbons (Fsp3) is 0.238. The number of carbonyl (C=O) groups is 1. The lowest BCUT2D eigenvalue weighted by molar-refractivity contribution is -0.130. The average molecular weight is 370 g/mol. The number of halogens is 2. The van der Waals surface area contributed by atoms with Crippen LogP contribution in [0.15, 0.2) is 53.1 Å². The molecular formula is C21H20F2N2O2. The molecule has 0 N–H and O–H groups in total. The number of aryl methyl sites for hydroxylation is 2. The second-order valence-electron chi connectivity index (χ2n) is 6.48. The van der Waals surface area contributed by atoms with Gasteiger partial charge in [0.15, 0.2) is 23.3 Å². The average Bonchev–Trinajstić information content (AvgIpc) is 3.12. The molecule has 0 aliphatic rings. The Bertz CT molecular complexity index is 936. The summed E-state index contributed by atoms with van der Waals surface area (Å²) in [5.74, 6) is -0.805. The van der Waals surface area contributed by atoms with Gasteiger partial charge in [-0.15, -0.1) is 0 Å². The third-order valence-electron chi connectivity index (χ3n) is 4.27. The van der Waals surface area contributed by atoms with Crippen molar-refractivity contribution < 1.29 is 18.0 Å². The highest BCUT2D eigenvalue weighted by Gasteiger charge is 2.13. The van der Waals surface area contributed by atoms with E-state index < -0.39 is 11.6 Å². The molecule has 0 aliphatic heterocycles. The van der Waals surface area contributed by atoms with E-state index in [9.17, 15) is 13.6 Å².